The molecule has 0 aliphatic carbocycles. The Kier molecular flexibility index (Phi) is 10.1. The highest BCUT2D eigenvalue weighted by molar-refractivity contribution is 5.90. The van der Waals surface area contributed by atoms with E-state index >= 15 is 0 Å². The summed E-state index contributed by atoms with van der Waals surface area (Å²) < 4.78 is 9.68. The fraction of sp³-hybridized carbons (Fsp3) is 0.474. The van der Waals surface area contributed by atoms with Gasteiger partial charge in [-0.3, -0.25) is 4.79 Å². The number of hydrogen-bond acceptors (Lipinski definition) is 7. The third-order valence-corrected chi connectivity index (χ3v) is 3.83. The first-order chi connectivity index (χ1) is 13.4. The predicted molar refractivity (Wildman–Crippen MR) is 98.6 cm³/mol. The maximum atomic E-state index is 12.4. The van der Waals surface area contributed by atoms with Crippen molar-refractivity contribution in [3.8, 4) is 6.07 Å². The van der Waals surface area contributed by atoms with Crippen molar-refractivity contribution in [1.82, 2.24) is 10.6 Å². The lowest BCUT2D eigenvalue weighted by atomic mass is 10.1. The van der Waals surface area contributed by atoms with Crippen molar-refractivity contribution in [3.63, 3.8) is 0 Å². The molecule has 9 heteroatoms. The number of unbranched alkanes of at least 4 members (excludes halogenated alkanes) is 1. The minimum Gasteiger partial charge on any atom is -0.467 e. The lowest BCUT2D eigenvalue weighted by Gasteiger charge is -2.23. The number of hydrogen-bond donors (Lipinski definition) is 3. The smallest absolute Gasteiger partial charge is 0.408 e. The second-order valence-corrected chi connectivity index (χ2v) is 6.06. The van der Waals surface area contributed by atoms with Gasteiger partial charge >= 0.3 is 12.1 Å². The van der Waals surface area contributed by atoms with Crippen LogP contribution in [0, 0.1) is 11.3 Å². The largest absolute Gasteiger partial charge is 0.467 e. The topological polar surface area (TPSA) is 138 Å². The van der Waals surface area contributed by atoms with E-state index < -0.39 is 36.2 Å². The highest BCUT2D eigenvalue weighted by Gasteiger charge is 2.30. The van der Waals surface area contributed by atoms with Gasteiger partial charge in [-0.05, 0) is 25.3 Å². The Bertz CT molecular complexity index is 687. The number of esters is 1. The monoisotopic (exact) mass is 391 g/mol. The highest BCUT2D eigenvalue weighted by atomic mass is 16.5. The van der Waals surface area contributed by atoms with Gasteiger partial charge in [0.2, 0.25) is 5.91 Å². The van der Waals surface area contributed by atoms with Crippen LogP contribution in [0.3, 0.4) is 0 Å². The van der Waals surface area contributed by atoms with Crippen molar-refractivity contribution in [1.29, 1.82) is 5.26 Å². The number of methoxy groups -OCH3 is 1. The number of nitrogens with zero attached hydrogens (tertiary/aromatic N) is 1. The molecule has 28 heavy (non-hydrogen) atoms. The summed E-state index contributed by atoms with van der Waals surface area (Å²) in [6.45, 7) is 1.32. The van der Waals surface area contributed by atoms with Gasteiger partial charge < -0.3 is 25.2 Å². The van der Waals surface area contributed by atoms with Crippen molar-refractivity contribution >= 4 is 18.0 Å². The number of aliphatic hydroxyl groups excluding tert-OH is 1. The van der Waals surface area contributed by atoms with Crippen molar-refractivity contribution in [2.45, 2.75) is 51.0 Å². The molecule has 0 fully saturated rings. The number of rotatable bonds is 10. The quantitative estimate of drug-likeness (QED) is 0.400. The van der Waals surface area contributed by atoms with Crippen LogP contribution in [0.4, 0.5) is 4.79 Å². The first-order valence-corrected chi connectivity index (χ1v) is 8.79. The Morgan fingerprint density at radius 1 is 1.21 bits per heavy atom. The number of benzene rings is 1. The molecule has 0 unspecified atom stereocenters. The summed E-state index contributed by atoms with van der Waals surface area (Å²) in [4.78, 5) is 36.2. The number of alkyl carbamates (subject to hydrolysis) is 1. The molecule has 0 aliphatic rings. The van der Waals surface area contributed by atoms with Gasteiger partial charge in [0.05, 0.1) is 19.3 Å². The average Bonchev–Trinajstić information content (AvgIpc) is 2.69. The van der Waals surface area contributed by atoms with E-state index in [9.17, 15) is 19.5 Å². The number of carbonyl (C=O) groups excluding carboxylic acids is 3. The average molecular weight is 391 g/mol. The van der Waals surface area contributed by atoms with Crippen molar-refractivity contribution in [2.75, 3.05) is 7.11 Å². The van der Waals surface area contributed by atoms with Gasteiger partial charge in [0.25, 0.3) is 0 Å². The van der Waals surface area contributed by atoms with Crippen molar-refractivity contribution in [2.24, 2.45) is 0 Å². The van der Waals surface area contributed by atoms with E-state index in [2.05, 4.69) is 15.4 Å². The van der Waals surface area contributed by atoms with E-state index in [1.807, 2.05) is 12.1 Å². The third kappa shape index (κ3) is 8.05. The zero-order chi connectivity index (χ0) is 20.9. The van der Waals surface area contributed by atoms with Gasteiger partial charge in [-0.15, -0.1) is 0 Å². The van der Waals surface area contributed by atoms with Gasteiger partial charge in [-0.1, -0.05) is 30.3 Å². The molecule has 0 aromatic heterocycles. The first-order valence-electron chi connectivity index (χ1n) is 8.79. The van der Waals surface area contributed by atoms with Crippen LogP contribution in [-0.2, 0) is 25.7 Å². The second kappa shape index (κ2) is 12.3. The molecule has 0 spiro atoms. The standard InChI is InChI=1S/C19H25N3O6/c1-13(23)16(22-19(26)28-12-14-8-4-3-5-9-14)17(24)21-15(18(25)27-2)10-6-7-11-20/h3-5,8-9,13,15-16,23H,6-7,10,12H2,1-2H3,(H,21,24)(H,22,26)/t13-,15+,16+/m1/s1. The molecule has 0 radical (unpaired) electrons. The Labute approximate surface area is 163 Å². The molecule has 152 valence electrons. The number of ether oxygens (including phenoxy) is 2. The maximum Gasteiger partial charge on any atom is 0.408 e. The molecule has 0 saturated carbocycles. The van der Waals surface area contributed by atoms with Gasteiger partial charge in [-0.2, -0.15) is 5.26 Å². The summed E-state index contributed by atoms with van der Waals surface area (Å²) in [5.74, 6) is -1.44. The molecule has 1 aromatic carbocycles. The number of nitriles is 1. The molecule has 0 saturated heterocycles. The van der Waals surface area contributed by atoms with Crippen molar-refractivity contribution in [3.05, 3.63) is 35.9 Å². The summed E-state index contributed by atoms with van der Waals surface area (Å²) in [5.41, 5.74) is 0.763. The van der Waals surface area contributed by atoms with E-state index in [-0.39, 0.29) is 19.4 Å². The summed E-state index contributed by atoms with van der Waals surface area (Å²) in [7, 11) is 1.18. The van der Waals surface area contributed by atoms with E-state index in [0.29, 0.717) is 6.42 Å². The van der Waals surface area contributed by atoms with Crippen LogP contribution >= 0.6 is 0 Å². The fourth-order valence-electron chi connectivity index (χ4n) is 2.33. The Hall–Kier alpha value is -3.12. The molecule has 0 heterocycles. The minimum atomic E-state index is -1.33. The van der Waals surface area contributed by atoms with E-state index in [4.69, 9.17) is 10.00 Å². The van der Waals surface area contributed by atoms with Crippen LogP contribution in [0.2, 0.25) is 0 Å². The molecule has 0 aliphatic heterocycles. The third-order valence-electron chi connectivity index (χ3n) is 3.83. The maximum absolute atomic E-state index is 12.4. The molecule has 9 nitrogen and oxygen atoms in total. The van der Waals surface area contributed by atoms with Crippen molar-refractivity contribution < 1.29 is 29.0 Å². The Morgan fingerprint density at radius 3 is 2.46 bits per heavy atom. The number of carbonyl (C=O) groups is 3. The summed E-state index contributed by atoms with van der Waals surface area (Å²) >= 11 is 0. The highest BCUT2D eigenvalue weighted by Crippen LogP contribution is 2.05. The summed E-state index contributed by atoms with van der Waals surface area (Å²) in [6, 6.07) is 8.59. The molecule has 1 aromatic rings. The van der Waals surface area contributed by atoms with E-state index in [0.717, 1.165) is 5.56 Å². The summed E-state index contributed by atoms with van der Waals surface area (Å²) in [5, 5.41) is 23.2. The lowest BCUT2D eigenvalue weighted by Crippen LogP contribution is -2.55. The molecule has 1 rings (SSSR count). The number of nitrogens with one attached hydrogen (secondary N) is 2. The normalized spacial score (nSPS) is 13.4. The SMILES string of the molecule is COC(=O)[C@H](CCCC#N)NC(=O)[C@@H](NC(=O)OCc1ccccc1)[C@@H](C)O. The summed E-state index contributed by atoms with van der Waals surface area (Å²) in [6.07, 6.45) is -1.34. The second-order valence-electron chi connectivity index (χ2n) is 6.06. The van der Waals surface area contributed by atoms with Gasteiger partial charge in [-0.25, -0.2) is 9.59 Å². The van der Waals surface area contributed by atoms with Crippen LogP contribution in [0.15, 0.2) is 30.3 Å². The number of aliphatic hydroxyl groups is 1. The fourth-order valence-corrected chi connectivity index (χ4v) is 2.33. The van der Waals surface area contributed by atoms with E-state index in [1.165, 1.54) is 14.0 Å². The first kappa shape index (κ1) is 22.9. The minimum absolute atomic E-state index is 0.000231. The predicted octanol–water partition coefficient (Wildman–Crippen LogP) is 1.01. The molecular weight excluding hydrogens is 366 g/mol. The molecule has 2 amide bonds. The zero-order valence-corrected chi connectivity index (χ0v) is 15.9. The molecule has 0 bridgehead atoms. The van der Waals surface area contributed by atoms with Gasteiger partial charge in [0.1, 0.15) is 18.7 Å². The Balaban J connectivity index is 2.66. The van der Waals surface area contributed by atoms with Crippen LogP contribution in [0.5, 0.6) is 0 Å². The molecule has 3 N–H and O–H groups in total. The Morgan fingerprint density at radius 2 is 1.89 bits per heavy atom. The van der Waals surface area contributed by atoms with Gasteiger partial charge in [0.15, 0.2) is 0 Å². The van der Waals surface area contributed by atoms with Crippen LogP contribution in [0.25, 0.3) is 0 Å². The zero-order valence-electron chi connectivity index (χ0n) is 15.9. The number of amides is 2. The van der Waals surface area contributed by atoms with Gasteiger partial charge in [0, 0.05) is 6.42 Å². The van der Waals surface area contributed by atoms with Crippen LogP contribution in [0.1, 0.15) is 31.7 Å². The van der Waals surface area contributed by atoms with Crippen LogP contribution in [-0.4, -0.2) is 48.4 Å². The lowest BCUT2D eigenvalue weighted by molar-refractivity contribution is -0.145. The molecule has 3 atom stereocenters. The molecular formula is C19H25N3O6. The van der Waals surface area contributed by atoms with E-state index in [1.54, 1.807) is 24.3 Å². The van der Waals surface area contributed by atoms with Crippen LogP contribution < -0.4 is 10.6 Å².